The standard InChI is InChI=1S/C14H26N2O2/c1-10(12-3-2-4-12)15-14(18)16-13-7-5-11(9-17)6-8-13/h10-13,17H,2-9H2,1H3,(H2,15,16,18). The van der Waals surface area contributed by atoms with Gasteiger partial charge in [-0.1, -0.05) is 6.42 Å². The second-order valence-electron chi connectivity index (χ2n) is 6.00. The fourth-order valence-corrected chi connectivity index (χ4v) is 2.98. The molecule has 2 fully saturated rings. The lowest BCUT2D eigenvalue weighted by Crippen LogP contribution is -2.49. The van der Waals surface area contributed by atoms with Crippen LogP contribution in [0.2, 0.25) is 0 Å². The van der Waals surface area contributed by atoms with Gasteiger partial charge in [0, 0.05) is 18.7 Å². The second kappa shape index (κ2) is 6.41. The molecule has 2 aliphatic carbocycles. The summed E-state index contributed by atoms with van der Waals surface area (Å²) >= 11 is 0. The van der Waals surface area contributed by atoms with Crippen molar-refractivity contribution in [3.05, 3.63) is 0 Å². The van der Waals surface area contributed by atoms with E-state index in [2.05, 4.69) is 17.6 Å². The third kappa shape index (κ3) is 3.61. The van der Waals surface area contributed by atoms with Gasteiger partial charge in [0.05, 0.1) is 0 Å². The van der Waals surface area contributed by atoms with Gasteiger partial charge < -0.3 is 15.7 Å². The zero-order valence-corrected chi connectivity index (χ0v) is 11.3. The minimum Gasteiger partial charge on any atom is -0.396 e. The van der Waals surface area contributed by atoms with Gasteiger partial charge in [-0.2, -0.15) is 0 Å². The zero-order valence-electron chi connectivity index (χ0n) is 11.3. The van der Waals surface area contributed by atoms with Crippen molar-refractivity contribution in [2.45, 2.75) is 64.0 Å². The van der Waals surface area contributed by atoms with Crippen molar-refractivity contribution < 1.29 is 9.90 Å². The molecular weight excluding hydrogens is 228 g/mol. The monoisotopic (exact) mass is 254 g/mol. The largest absolute Gasteiger partial charge is 0.396 e. The Kier molecular flexibility index (Phi) is 4.87. The SMILES string of the molecule is CC(NC(=O)NC1CCC(CO)CC1)C1CCC1. The first-order valence-corrected chi connectivity index (χ1v) is 7.37. The lowest BCUT2D eigenvalue weighted by Gasteiger charge is -2.33. The molecule has 104 valence electrons. The normalized spacial score (nSPS) is 30.3. The van der Waals surface area contributed by atoms with Crippen LogP contribution in [0.4, 0.5) is 4.79 Å². The maximum atomic E-state index is 11.8. The quantitative estimate of drug-likeness (QED) is 0.719. The molecule has 0 aromatic rings. The van der Waals surface area contributed by atoms with Gasteiger partial charge in [0.1, 0.15) is 0 Å². The summed E-state index contributed by atoms with van der Waals surface area (Å²) in [6.07, 6.45) is 7.86. The first kappa shape index (κ1) is 13.7. The van der Waals surface area contributed by atoms with Crippen molar-refractivity contribution in [1.29, 1.82) is 0 Å². The zero-order chi connectivity index (χ0) is 13.0. The molecule has 0 spiro atoms. The molecule has 0 aromatic carbocycles. The molecule has 0 aliphatic heterocycles. The van der Waals surface area contributed by atoms with Crippen molar-refractivity contribution in [2.24, 2.45) is 11.8 Å². The molecule has 0 heterocycles. The van der Waals surface area contributed by atoms with E-state index in [4.69, 9.17) is 5.11 Å². The van der Waals surface area contributed by atoms with Crippen LogP contribution in [-0.4, -0.2) is 29.8 Å². The number of nitrogens with one attached hydrogen (secondary N) is 2. The molecule has 3 N–H and O–H groups in total. The number of urea groups is 1. The predicted molar refractivity (Wildman–Crippen MR) is 71.3 cm³/mol. The molecule has 2 rings (SSSR count). The number of aliphatic hydroxyl groups excluding tert-OH is 1. The molecule has 0 radical (unpaired) electrons. The highest BCUT2D eigenvalue weighted by Gasteiger charge is 2.26. The number of hydrogen-bond acceptors (Lipinski definition) is 2. The Morgan fingerprint density at radius 2 is 1.89 bits per heavy atom. The molecule has 4 heteroatoms. The summed E-state index contributed by atoms with van der Waals surface area (Å²) in [6.45, 7) is 2.39. The van der Waals surface area contributed by atoms with E-state index in [9.17, 15) is 4.79 Å². The van der Waals surface area contributed by atoms with E-state index in [0.29, 0.717) is 23.9 Å². The Labute approximate surface area is 110 Å². The Balaban J connectivity index is 1.64. The van der Waals surface area contributed by atoms with Gasteiger partial charge in [0.2, 0.25) is 0 Å². The Morgan fingerprint density at radius 3 is 2.39 bits per heavy atom. The summed E-state index contributed by atoms with van der Waals surface area (Å²) in [5.41, 5.74) is 0. The molecule has 0 aromatic heterocycles. The molecule has 4 nitrogen and oxygen atoms in total. The topological polar surface area (TPSA) is 61.4 Å². The van der Waals surface area contributed by atoms with Crippen LogP contribution in [0.5, 0.6) is 0 Å². The molecular formula is C14H26N2O2. The Hall–Kier alpha value is -0.770. The van der Waals surface area contributed by atoms with Crippen molar-refractivity contribution in [3.63, 3.8) is 0 Å². The molecule has 2 aliphatic rings. The first-order valence-electron chi connectivity index (χ1n) is 7.37. The van der Waals surface area contributed by atoms with E-state index in [1.54, 1.807) is 0 Å². The summed E-state index contributed by atoms with van der Waals surface area (Å²) in [5.74, 6) is 1.13. The van der Waals surface area contributed by atoms with Gasteiger partial charge in [-0.3, -0.25) is 0 Å². The number of carbonyl (C=O) groups excluding carboxylic acids is 1. The molecule has 18 heavy (non-hydrogen) atoms. The average Bonchev–Trinajstić information content (AvgIpc) is 2.27. The summed E-state index contributed by atoms with van der Waals surface area (Å²) in [5, 5.41) is 15.2. The lowest BCUT2D eigenvalue weighted by molar-refractivity contribution is 0.172. The van der Waals surface area contributed by atoms with E-state index in [1.165, 1.54) is 19.3 Å². The average molecular weight is 254 g/mol. The van der Waals surface area contributed by atoms with Crippen molar-refractivity contribution >= 4 is 6.03 Å². The van der Waals surface area contributed by atoms with Crippen LogP contribution in [0.15, 0.2) is 0 Å². The first-order chi connectivity index (χ1) is 8.69. The summed E-state index contributed by atoms with van der Waals surface area (Å²) < 4.78 is 0. The maximum absolute atomic E-state index is 11.8. The lowest BCUT2D eigenvalue weighted by atomic mass is 9.80. The number of rotatable bonds is 4. The van der Waals surface area contributed by atoms with E-state index in [-0.39, 0.29) is 12.6 Å². The van der Waals surface area contributed by atoms with Crippen molar-refractivity contribution in [2.75, 3.05) is 6.61 Å². The highest BCUT2D eigenvalue weighted by atomic mass is 16.3. The Morgan fingerprint density at radius 1 is 1.22 bits per heavy atom. The van der Waals surface area contributed by atoms with E-state index in [0.717, 1.165) is 25.7 Å². The molecule has 0 bridgehead atoms. The molecule has 1 unspecified atom stereocenters. The van der Waals surface area contributed by atoms with Crippen LogP contribution >= 0.6 is 0 Å². The number of hydrogen-bond donors (Lipinski definition) is 3. The van der Waals surface area contributed by atoms with Crippen LogP contribution in [0.3, 0.4) is 0 Å². The van der Waals surface area contributed by atoms with Crippen LogP contribution in [0, 0.1) is 11.8 Å². The van der Waals surface area contributed by atoms with E-state index < -0.39 is 0 Å². The summed E-state index contributed by atoms with van der Waals surface area (Å²) in [4.78, 5) is 11.8. The highest BCUT2D eigenvalue weighted by molar-refractivity contribution is 5.74. The van der Waals surface area contributed by atoms with Gasteiger partial charge in [0.15, 0.2) is 0 Å². The van der Waals surface area contributed by atoms with Gasteiger partial charge in [-0.25, -0.2) is 4.79 Å². The summed E-state index contributed by atoms with van der Waals surface area (Å²) in [7, 11) is 0. The molecule has 2 amide bonds. The molecule has 1 atom stereocenters. The Bertz CT molecular complexity index is 271. The number of aliphatic hydroxyl groups is 1. The smallest absolute Gasteiger partial charge is 0.315 e. The fourth-order valence-electron chi connectivity index (χ4n) is 2.98. The van der Waals surface area contributed by atoms with E-state index in [1.807, 2.05) is 0 Å². The van der Waals surface area contributed by atoms with Crippen molar-refractivity contribution in [1.82, 2.24) is 10.6 Å². The van der Waals surface area contributed by atoms with E-state index >= 15 is 0 Å². The molecule has 2 saturated carbocycles. The minimum absolute atomic E-state index is 0.0122. The van der Waals surface area contributed by atoms with Crippen LogP contribution in [-0.2, 0) is 0 Å². The van der Waals surface area contributed by atoms with Crippen molar-refractivity contribution in [3.8, 4) is 0 Å². The fraction of sp³-hybridized carbons (Fsp3) is 0.929. The van der Waals surface area contributed by atoms with Crippen LogP contribution in [0.1, 0.15) is 51.9 Å². The van der Waals surface area contributed by atoms with Gasteiger partial charge >= 0.3 is 6.03 Å². The minimum atomic E-state index is -0.0122. The van der Waals surface area contributed by atoms with Crippen LogP contribution in [0.25, 0.3) is 0 Å². The number of carbonyl (C=O) groups is 1. The third-order valence-electron chi connectivity index (χ3n) is 4.66. The molecule has 0 saturated heterocycles. The van der Waals surface area contributed by atoms with Gasteiger partial charge in [-0.05, 0) is 57.3 Å². The van der Waals surface area contributed by atoms with Gasteiger partial charge in [-0.15, -0.1) is 0 Å². The highest BCUT2D eigenvalue weighted by Crippen LogP contribution is 2.29. The van der Waals surface area contributed by atoms with Gasteiger partial charge in [0.25, 0.3) is 0 Å². The second-order valence-corrected chi connectivity index (χ2v) is 6.00. The maximum Gasteiger partial charge on any atom is 0.315 e. The predicted octanol–water partition coefficient (Wildman–Crippen LogP) is 2.03. The van der Waals surface area contributed by atoms with Crippen LogP contribution < -0.4 is 10.6 Å². The summed E-state index contributed by atoms with van der Waals surface area (Å²) in [6, 6.07) is 0.579. The number of amides is 2. The third-order valence-corrected chi connectivity index (χ3v) is 4.66.